The van der Waals surface area contributed by atoms with Crippen LogP contribution < -0.4 is 5.32 Å². The summed E-state index contributed by atoms with van der Waals surface area (Å²) >= 11 is 0. The molecular weight excluding hydrogens is 242 g/mol. The highest BCUT2D eigenvalue weighted by Gasteiger charge is 2.19. The van der Waals surface area contributed by atoms with E-state index >= 15 is 0 Å². The van der Waals surface area contributed by atoms with Crippen LogP contribution in [0.2, 0.25) is 0 Å². The Bertz CT molecular complexity index is 422. The number of hydrogen-bond acceptors (Lipinski definition) is 4. The summed E-state index contributed by atoms with van der Waals surface area (Å²) in [6, 6.07) is 0.117. The Balaban J connectivity index is 1.85. The van der Waals surface area contributed by atoms with Crippen molar-refractivity contribution in [2.24, 2.45) is 0 Å². The minimum Gasteiger partial charge on any atom is -0.346 e. The first-order valence-corrected chi connectivity index (χ1v) is 7.01. The minimum atomic E-state index is -0.199. The molecule has 2 N–H and O–H groups in total. The van der Waals surface area contributed by atoms with Gasteiger partial charge in [0.15, 0.2) is 0 Å². The third-order valence-electron chi connectivity index (χ3n) is 3.36. The smallest absolute Gasteiger partial charge is 0.291 e. The standard InChI is InChI=1S/C13H23N5O/c1-9(2)11-15-12(17-16-11)13(19)14-10(3)8-18-6-4-5-7-18/h9-10H,4-8H2,1-3H3,(H,14,19)(H,15,16,17). The van der Waals surface area contributed by atoms with Crippen molar-refractivity contribution in [3.05, 3.63) is 11.6 Å². The fraction of sp³-hybridized carbons (Fsp3) is 0.769. The Morgan fingerprint density at radius 2 is 2.05 bits per heavy atom. The van der Waals surface area contributed by atoms with Crippen LogP contribution in [0.4, 0.5) is 0 Å². The fourth-order valence-corrected chi connectivity index (χ4v) is 2.32. The summed E-state index contributed by atoms with van der Waals surface area (Å²) in [5.41, 5.74) is 0. The molecule has 0 aliphatic carbocycles. The molecule has 0 saturated carbocycles. The summed E-state index contributed by atoms with van der Waals surface area (Å²) in [6.45, 7) is 9.21. The lowest BCUT2D eigenvalue weighted by Gasteiger charge is -2.20. The van der Waals surface area contributed by atoms with Crippen molar-refractivity contribution in [2.45, 2.75) is 45.6 Å². The van der Waals surface area contributed by atoms with E-state index in [0.717, 1.165) is 25.5 Å². The van der Waals surface area contributed by atoms with Crippen LogP contribution in [-0.2, 0) is 0 Å². The van der Waals surface area contributed by atoms with E-state index in [1.54, 1.807) is 0 Å². The Morgan fingerprint density at radius 3 is 2.63 bits per heavy atom. The molecule has 0 aromatic carbocycles. The zero-order valence-corrected chi connectivity index (χ0v) is 11.9. The number of H-pyrrole nitrogens is 1. The average Bonchev–Trinajstić information content (AvgIpc) is 2.98. The molecule has 1 amide bonds. The molecule has 1 aliphatic heterocycles. The molecule has 0 bridgehead atoms. The second-order valence-electron chi connectivity index (χ2n) is 5.58. The van der Waals surface area contributed by atoms with E-state index < -0.39 is 0 Å². The van der Waals surface area contributed by atoms with Crippen LogP contribution in [0.25, 0.3) is 0 Å². The number of amides is 1. The van der Waals surface area contributed by atoms with Crippen molar-refractivity contribution >= 4 is 5.91 Å². The van der Waals surface area contributed by atoms with Crippen molar-refractivity contribution in [3.63, 3.8) is 0 Å². The number of nitrogens with zero attached hydrogens (tertiary/aromatic N) is 3. The Kier molecular flexibility index (Phi) is 4.52. The van der Waals surface area contributed by atoms with Gasteiger partial charge in [0.2, 0.25) is 5.82 Å². The number of aromatic nitrogens is 3. The number of hydrogen-bond donors (Lipinski definition) is 2. The number of rotatable bonds is 5. The normalized spacial score (nSPS) is 17.9. The highest BCUT2D eigenvalue weighted by atomic mass is 16.2. The lowest BCUT2D eigenvalue weighted by molar-refractivity contribution is 0.0921. The van der Waals surface area contributed by atoms with Crippen molar-refractivity contribution < 1.29 is 4.79 Å². The number of carbonyl (C=O) groups excluding carboxylic acids is 1. The molecule has 1 aromatic rings. The van der Waals surface area contributed by atoms with Gasteiger partial charge in [-0.25, -0.2) is 4.98 Å². The van der Waals surface area contributed by atoms with Gasteiger partial charge in [0.05, 0.1) is 0 Å². The summed E-state index contributed by atoms with van der Waals surface area (Å²) in [4.78, 5) is 18.6. The monoisotopic (exact) mass is 265 g/mol. The van der Waals surface area contributed by atoms with Crippen molar-refractivity contribution in [3.8, 4) is 0 Å². The van der Waals surface area contributed by atoms with Gasteiger partial charge in [-0.2, -0.15) is 0 Å². The molecule has 2 rings (SSSR count). The molecule has 6 heteroatoms. The molecule has 2 heterocycles. The Hall–Kier alpha value is -1.43. The molecule has 1 atom stereocenters. The molecule has 1 fully saturated rings. The lowest BCUT2D eigenvalue weighted by atomic mass is 10.2. The fourth-order valence-electron chi connectivity index (χ4n) is 2.32. The second kappa shape index (κ2) is 6.14. The summed E-state index contributed by atoms with van der Waals surface area (Å²) in [7, 11) is 0. The minimum absolute atomic E-state index is 0.117. The molecule has 6 nitrogen and oxygen atoms in total. The van der Waals surface area contributed by atoms with Crippen LogP contribution in [0, 0.1) is 0 Å². The highest BCUT2D eigenvalue weighted by molar-refractivity contribution is 5.90. The van der Waals surface area contributed by atoms with E-state index in [9.17, 15) is 4.79 Å². The number of nitrogens with one attached hydrogen (secondary N) is 2. The van der Waals surface area contributed by atoms with Crippen molar-refractivity contribution in [2.75, 3.05) is 19.6 Å². The summed E-state index contributed by atoms with van der Waals surface area (Å²) in [5.74, 6) is 1.03. The molecule has 1 unspecified atom stereocenters. The molecule has 1 aliphatic rings. The van der Waals surface area contributed by atoms with E-state index in [1.165, 1.54) is 12.8 Å². The molecular formula is C13H23N5O. The maximum absolute atomic E-state index is 12.0. The van der Waals surface area contributed by atoms with Crippen molar-refractivity contribution in [1.29, 1.82) is 0 Å². The third-order valence-corrected chi connectivity index (χ3v) is 3.36. The number of carbonyl (C=O) groups is 1. The topological polar surface area (TPSA) is 73.9 Å². The van der Waals surface area contributed by atoms with E-state index in [0.29, 0.717) is 0 Å². The van der Waals surface area contributed by atoms with Gasteiger partial charge in [0, 0.05) is 18.5 Å². The summed E-state index contributed by atoms with van der Waals surface area (Å²) in [6.07, 6.45) is 2.53. The van der Waals surface area contributed by atoms with Gasteiger partial charge < -0.3 is 10.2 Å². The van der Waals surface area contributed by atoms with Gasteiger partial charge in [0.25, 0.3) is 5.91 Å². The molecule has 1 aromatic heterocycles. The van der Waals surface area contributed by atoms with Gasteiger partial charge in [-0.3, -0.25) is 9.89 Å². The lowest BCUT2D eigenvalue weighted by Crippen LogP contribution is -2.41. The maximum Gasteiger partial charge on any atom is 0.291 e. The van der Waals surface area contributed by atoms with Gasteiger partial charge >= 0.3 is 0 Å². The first-order valence-electron chi connectivity index (χ1n) is 7.01. The molecule has 0 spiro atoms. The predicted molar refractivity (Wildman–Crippen MR) is 73.1 cm³/mol. The second-order valence-corrected chi connectivity index (χ2v) is 5.58. The van der Waals surface area contributed by atoms with E-state index in [-0.39, 0.29) is 23.7 Å². The van der Waals surface area contributed by atoms with Crippen LogP contribution in [0.5, 0.6) is 0 Å². The molecule has 19 heavy (non-hydrogen) atoms. The molecule has 106 valence electrons. The largest absolute Gasteiger partial charge is 0.346 e. The van der Waals surface area contributed by atoms with E-state index in [2.05, 4.69) is 25.4 Å². The maximum atomic E-state index is 12.0. The SMILES string of the molecule is CC(CN1CCCC1)NC(=O)c1n[nH]c(C(C)C)n1. The zero-order chi connectivity index (χ0) is 13.8. The zero-order valence-electron chi connectivity index (χ0n) is 11.9. The molecule has 0 radical (unpaired) electrons. The first kappa shape index (κ1) is 14.0. The summed E-state index contributed by atoms with van der Waals surface area (Å²) in [5, 5.41) is 9.71. The number of aromatic amines is 1. The number of likely N-dealkylation sites (tertiary alicyclic amines) is 1. The van der Waals surface area contributed by atoms with E-state index in [1.807, 2.05) is 20.8 Å². The van der Waals surface area contributed by atoms with Crippen LogP contribution in [0.1, 0.15) is 56.0 Å². The van der Waals surface area contributed by atoms with Crippen LogP contribution in [-0.4, -0.2) is 51.7 Å². The van der Waals surface area contributed by atoms with E-state index in [4.69, 9.17) is 0 Å². The van der Waals surface area contributed by atoms with Gasteiger partial charge in [0.1, 0.15) is 5.82 Å². The summed E-state index contributed by atoms with van der Waals surface area (Å²) < 4.78 is 0. The van der Waals surface area contributed by atoms with Gasteiger partial charge in [-0.15, -0.1) is 5.10 Å². The average molecular weight is 265 g/mol. The van der Waals surface area contributed by atoms with Crippen LogP contribution in [0.3, 0.4) is 0 Å². The third kappa shape index (κ3) is 3.76. The molecule has 1 saturated heterocycles. The first-order chi connectivity index (χ1) is 9.06. The Morgan fingerprint density at radius 1 is 1.37 bits per heavy atom. The highest BCUT2D eigenvalue weighted by Crippen LogP contribution is 2.09. The van der Waals surface area contributed by atoms with Crippen LogP contribution >= 0.6 is 0 Å². The van der Waals surface area contributed by atoms with Gasteiger partial charge in [-0.05, 0) is 32.9 Å². The quantitative estimate of drug-likeness (QED) is 0.837. The van der Waals surface area contributed by atoms with Crippen molar-refractivity contribution in [1.82, 2.24) is 25.4 Å². The predicted octanol–water partition coefficient (Wildman–Crippen LogP) is 1.14. The van der Waals surface area contributed by atoms with Gasteiger partial charge in [-0.1, -0.05) is 13.8 Å². The van der Waals surface area contributed by atoms with Crippen LogP contribution in [0.15, 0.2) is 0 Å². The Labute approximate surface area is 114 Å².